The van der Waals surface area contributed by atoms with Crippen LogP contribution in [0.2, 0.25) is 0 Å². The highest BCUT2D eigenvalue weighted by Gasteiger charge is 2.45. The fourth-order valence-electron chi connectivity index (χ4n) is 2.68. The largest absolute Gasteiger partial charge is 0.508 e. The number of hydrogen-bond donors (Lipinski definition) is 5. The first kappa shape index (κ1) is 24.7. The third kappa shape index (κ3) is 7.58. The van der Waals surface area contributed by atoms with E-state index in [1.54, 1.807) is 12.1 Å². The molecule has 1 aromatic carbocycles. The van der Waals surface area contributed by atoms with E-state index < -0.39 is 55.4 Å². The molecule has 0 aromatic heterocycles. The lowest BCUT2D eigenvalue weighted by Gasteiger charge is -2.40. The normalized spacial score (nSPS) is 27.1. The van der Waals surface area contributed by atoms with Crippen LogP contribution in [0.5, 0.6) is 5.75 Å². The van der Waals surface area contributed by atoms with Gasteiger partial charge in [0.15, 0.2) is 6.29 Å². The Labute approximate surface area is 178 Å². The Hall–Kier alpha value is -2.54. The van der Waals surface area contributed by atoms with Gasteiger partial charge in [0.1, 0.15) is 49.5 Å². The molecule has 0 bridgehead atoms. The summed E-state index contributed by atoms with van der Waals surface area (Å²) in [5, 5.41) is 48.2. The van der Waals surface area contributed by atoms with E-state index in [2.05, 4.69) is 0 Å². The standard InChI is InChI=1S/C20H26O11/c1-11(22)28-9-14(30-20-19(27)18(26)17(25)15(8-21)31-20)10-29-16(24)7-4-12-2-5-13(23)6-3-12/h2-7,14-15,17-21,23,25-27H,8-10H2,1H3/b7-4+/t14-,15+,17+,18-,19+,20+/m0/s1. The van der Waals surface area contributed by atoms with Crippen molar-refractivity contribution in [2.45, 2.75) is 43.7 Å². The second-order valence-electron chi connectivity index (χ2n) is 6.81. The molecule has 1 saturated heterocycles. The third-order valence-electron chi connectivity index (χ3n) is 4.36. The van der Waals surface area contributed by atoms with Crippen molar-refractivity contribution in [1.29, 1.82) is 0 Å². The number of benzene rings is 1. The van der Waals surface area contributed by atoms with Crippen molar-refractivity contribution in [2.75, 3.05) is 19.8 Å². The van der Waals surface area contributed by atoms with Crippen LogP contribution in [0.1, 0.15) is 12.5 Å². The maximum absolute atomic E-state index is 12.0. The van der Waals surface area contributed by atoms with Crippen LogP contribution in [0.4, 0.5) is 0 Å². The van der Waals surface area contributed by atoms with Crippen LogP contribution in [-0.2, 0) is 28.5 Å². The molecule has 5 N–H and O–H groups in total. The fourth-order valence-corrected chi connectivity index (χ4v) is 2.68. The van der Waals surface area contributed by atoms with Gasteiger partial charge >= 0.3 is 11.9 Å². The lowest BCUT2D eigenvalue weighted by atomic mass is 9.99. The molecule has 0 amide bonds. The van der Waals surface area contributed by atoms with E-state index >= 15 is 0 Å². The van der Waals surface area contributed by atoms with Gasteiger partial charge in [-0.3, -0.25) is 4.79 Å². The van der Waals surface area contributed by atoms with Crippen molar-refractivity contribution >= 4 is 18.0 Å². The molecule has 0 aliphatic carbocycles. The van der Waals surface area contributed by atoms with Gasteiger partial charge in [-0.25, -0.2) is 4.79 Å². The predicted octanol–water partition coefficient (Wildman–Crippen LogP) is -1.30. The van der Waals surface area contributed by atoms with E-state index in [9.17, 15) is 35.1 Å². The lowest BCUT2D eigenvalue weighted by molar-refractivity contribution is -0.315. The lowest BCUT2D eigenvalue weighted by Crippen LogP contribution is -2.60. The molecule has 0 spiro atoms. The van der Waals surface area contributed by atoms with E-state index in [0.717, 1.165) is 13.0 Å². The first-order valence-corrected chi connectivity index (χ1v) is 9.44. The zero-order chi connectivity index (χ0) is 23.0. The van der Waals surface area contributed by atoms with Crippen LogP contribution in [0.15, 0.2) is 30.3 Å². The van der Waals surface area contributed by atoms with E-state index in [1.807, 2.05) is 0 Å². The molecular weight excluding hydrogens is 416 g/mol. The maximum atomic E-state index is 12.0. The van der Waals surface area contributed by atoms with Crippen LogP contribution >= 0.6 is 0 Å². The Kier molecular flexibility index (Phi) is 9.37. The maximum Gasteiger partial charge on any atom is 0.330 e. The number of phenolic OH excluding ortho intramolecular Hbond substituents is 1. The first-order chi connectivity index (χ1) is 14.7. The average molecular weight is 442 g/mol. The summed E-state index contributed by atoms with van der Waals surface area (Å²) in [4.78, 5) is 23.1. The Morgan fingerprint density at radius 2 is 1.71 bits per heavy atom. The number of phenols is 1. The van der Waals surface area contributed by atoms with Crippen LogP contribution in [0.25, 0.3) is 6.08 Å². The second-order valence-corrected chi connectivity index (χ2v) is 6.81. The minimum absolute atomic E-state index is 0.0818. The van der Waals surface area contributed by atoms with Crippen molar-refractivity contribution in [2.24, 2.45) is 0 Å². The summed E-state index contributed by atoms with van der Waals surface area (Å²) in [5.41, 5.74) is 0.642. The van der Waals surface area contributed by atoms with E-state index in [4.69, 9.17) is 18.9 Å². The van der Waals surface area contributed by atoms with Crippen LogP contribution in [0.3, 0.4) is 0 Å². The molecule has 0 radical (unpaired) electrons. The molecule has 6 atom stereocenters. The Balaban J connectivity index is 1.96. The van der Waals surface area contributed by atoms with Crippen LogP contribution in [0, 0.1) is 0 Å². The molecule has 1 aromatic rings. The molecule has 1 heterocycles. The summed E-state index contributed by atoms with van der Waals surface area (Å²) in [7, 11) is 0. The number of esters is 2. The summed E-state index contributed by atoms with van der Waals surface area (Å²) < 4.78 is 20.6. The summed E-state index contributed by atoms with van der Waals surface area (Å²) >= 11 is 0. The number of aliphatic hydroxyl groups is 4. The molecule has 11 nitrogen and oxygen atoms in total. The molecule has 2 rings (SSSR count). The van der Waals surface area contributed by atoms with Gasteiger partial charge in [0, 0.05) is 13.0 Å². The van der Waals surface area contributed by atoms with Crippen LogP contribution in [-0.4, -0.2) is 94.1 Å². The van der Waals surface area contributed by atoms with Gasteiger partial charge in [-0.15, -0.1) is 0 Å². The monoisotopic (exact) mass is 442 g/mol. The quantitative estimate of drug-likeness (QED) is 0.227. The number of hydrogen-bond acceptors (Lipinski definition) is 11. The summed E-state index contributed by atoms with van der Waals surface area (Å²) in [6.07, 6.45) is -6.02. The average Bonchev–Trinajstić information content (AvgIpc) is 2.75. The highest BCUT2D eigenvalue weighted by Crippen LogP contribution is 2.23. The molecule has 1 aliphatic rings. The minimum atomic E-state index is -1.66. The van der Waals surface area contributed by atoms with Crippen LogP contribution < -0.4 is 0 Å². The minimum Gasteiger partial charge on any atom is -0.508 e. The summed E-state index contributed by atoms with van der Waals surface area (Å²) in [6, 6.07) is 6.08. The number of rotatable bonds is 9. The zero-order valence-corrected chi connectivity index (χ0v) is 16.7. The smallest absolute Gasteiger partial charge is 0.330 e. The number of ether oxygens (including phenoxy) is 4. The number of carbonyl (C=O) groups excluding carboxylic acids is 2. The topological polar surface area (TPSA) is 172 Å². The summed E-state index contributed by atoms with van der Waals surface area (Å²) in [5.74, 6) is -1.28. The third-order valence-corrected chi connectivity index (χ3v) is 4.36. The van der Waals surface area contributed by atoms with Crippen molar-refractivity contribution < 1.29 is 54.1 Å². The van der Waals surface area contributed by atoms with E-state index in [0.29, 0.717) is 5.56 Å². The SMILES string of the molecule is CC(=O)OC[C@@H](COC(=O)/C=C/c1ccc(O)cc1)O[C@@H]1O[C@H](CO)[C@@H](O)[C@H](O)[C@H]1O. The van der Waals surface area contributed by atoms with Gasteiger partial charge < -0.3 is 44.5 Å². The van der Waals surface area contributed by atoms with Gasteiger partial charge in [-0.1, -0.05) is 12.1 Å². The molecule has 0 saturated carbocycles. The Bertz CT molecular complexity index is 746. The van der Waals surface area contributed by atoms with Gasteiger partial charge in [-0.2, -0.15) is 0 Å². The Morgan fingerprint density at radius 1 is 1.06 bits per heavy atom. The Morgan fingerprint density at radius 3 is 2.32 bits per heavy atom. The van der Waals surface area contributed by atoms with Gasteiger partial charge in [-0.05, 0) is 23.8 Å². The molecule has 0 unspecified atom stereocenters. The highest BCUT2D eigenvalue weighted by atomic mass is 16.7. The number of carbonyl (C=O) groups is 2. The molecule has 31 heavy (non-hydrogen) atoms. The van der Waals surface area contributed by atoms with Gasteiger partial charge in [0.05, 0.1) is 6.61 Å². The molecule has 172 valence electrons. The van der Waals surface area contributed by atoms with Gasteiger partial charge in [0.2, 0.25) is 0 Å². The highest BCUT2D eigenvalue weighted by molar-refractivity contribution is 5.87. The van der Waals surface area contributed by atoms with E-state index in [-0.39, 0.29) is 19.0 Å². The molecule has 1 fully saturated rings. The molecule has 1 aliphatic heterocycles. The number of aromatic hydroxyl groups is 1. The summed E-state index contributed by atoms with van der Waals surface area (Å²) in [6.45, 7) is -0.214. The van der Waals surface area contributed by atoms with E-state index in [1.165, 1.54) is 18.2 Å². The zero-order valence-electron chi connectivity index (χ0n) is 16.7. The molecule has 11 heteroatoms. The predicted molar refractivity (Wildman–Crippen MR) is 103 cm³/mol. The number of aliphatic hydroxyl groups excluding tert-OH is 4. The van der Waals surface area contributed by atoms with Crippen molar-refractivity contribution in [3.63, 3.8) is 0 Å². The first-order valence-electron chi connectivity index (χ1n) is 9.44. The fraction of sp³-hybridized carbons (Fsp3) is 0.500. The van der Waals surface area contributed by atoms with Crippen molar-refractivity contribution in [3.8, 4) is 5.75 Å². The molecular formula is C20H26O11. The second kappa shape index (κ2) is 11.7. The van der Waals surface area contributed by atoms with Crippen molar-refractivity contribution in [3.05, 3.63) is 35.9 Å². The van der Waals surface area contributed by atoms with Crippen molar-refractivity contribution in [1.82, 2.24) is 0 Å². The van der Waals surface area contributed by atoms with Gasteiger partial charge in [0.25, 0.3) is 0 Å².